The molecule has 122 valence electrons. The fourth-order valence-electron chi connectivity index (χ4n) is 2.27. The fraction of sp³-hybridized carbons (Fsp3) is 0.333. The van der Waals surface area contributed by atoms with Crippen LogP contribution in [0.1, 0.15) is 17.4 Å². The Balaban J connectivity index is 1.71. The molecular weight excluding hydrogens is 309 g/mol. The molecule has 1 fully saturated rings. The average Bonchev–Trinajstić information content (AvgIpc) is 2.56. The number of nitrogens with one attached hydrogen (secondary N) is 2. The Morgan fingerprint density at radius 1 is 1.17 bits per heavy atom. The van der Waals surface area contributed by atoms with Crippen LogP contribution in [0.3, 0.4) is 0 Å². The number of anilines is 2. The standard InChI is InChI=1S/C15H15F3N4O/c16-15(17,18)13-5-6-20-14(22-13)21-11-3-1-10(2-4-11)12-9-19-7-8-23-12/h1-6,12,19H,7-9H2,(H,20,21,22). The number of morpholine rings is 1. The minimum absolute atomic E-state index is 0.0115. The number of halogens is 3. The average molecular weight is 324 g/mol. The molecule has 1 aromatic heterocycles. The summed E-state index contributed by atoms with van der Waals surface area (Å²) in [6.45, 7) is 2.23. The zero-order chi connectivity index (χ0) is 16.3. The summed E-state index contributed by atoms with van der Waals surface area (Å²) in [7, 11) is 0. The van der Waals surface area contributed by atoms with Gasteiger partial charge in [-0.25, -0.2) is 9.97 Å². The molecule has 0 radical (unpaired) electrons. The molecule has 1 unspecified atom stereocenters. The highest BCUT2D eigenvalue weighted by atomic mass is 19.4. The lowest BCUT2D eigenvalue weighted by atomic mass is 10.1. The Morgan fingerprint density at radius 2 is 1.96 bits per heavy atom. The van der Waals surface area contributed by atoms with Crippen LogP contribution in [0, 0.1) is 0 Å². The maximum absolute atomic E-state index is 12.6. The van der Waals surface area contributed by atoms with Crippen molar-refractivity contribution < 1.29 is 17.9 Å². The predicted octanol–water partition coefficient (Wildman–Crippen LogP) is 2.90. The van der Waals surface area contributed by atoms with Crippen LogP contribution in [0.15, 0.2) is 36.5 Å². The Kier molecular flexibility index (Phi) is 4.44. The van der Waals surface area contributed by atoms with Crippen molar-refractivity contribution in [2.75, 3.05) is 25.0 Å². The molecule has 1 saturated heterocycles. The molecule has 23 heavy (non-hydrogen) atoms. The number of hydrogen-bond donors (Lipinski definition) is 2. The van der Waals surface area contributed by atoms with E-state index in [-0.39, 0.29) is 12.1 Å². The van der Waals surface area contributed by atoms with Gasteiger partial charge in [0, 0.05) is 25.0 Å². The van der Waals surface area contributed by atoms with Gasteiger partial charge in [-0.15, -0.1) is 0 Å². The molecule has 0 amide bonds. The highest BCUT2D eigenvalue weighted by Gasteiger charge is 2.32. The predicted molar refractivity (Wildman–Crippen MR) is 78.3 cm³/mol. The molecule has 8 heteroatoms. The van der Waals surface area contributed by atoms with E-state index in [9.17, 15) is 13.2 Å². The lowest BCUT2D eigenvalue weighted by Gasteiger charge is -2.24. The van der Waals surface area contributed by atoms with Gasteiger partial charge in [-0.1, -0.05) is 12.1 Å². The Bertz CT molecular complexity index is 655. The lowest BCUT2D eigenvalue weighted by molar-refractivity contribution is -0.141. The zero-order valence-electron chi connectivity index (χ0n) is 12.1. The molecule has 1 aliphatic heterocycles. The van der Waals surface area contributed by atoms with Gasteiger partial charge in [0.1, 0.15) is 5.69 Å². The van der Waals surface area contributed by atoms with E-state index >= 15 is 0 Å². The van der Waals surface area contributed by atoms with E-state index in [4.69, 9.17) is 4.74 Å². The molecule has 2 heterocycles. The molecule has 1 aromatic carbocycles. The summed E-state index contributed by atoms with van der Waals surface area (Å²) in [5.74, 6) is -0.0943. The van der Waals surface area contributed by atoms with E-state index in [0.29, 0.717) is 12.3 Å². The maximum Gasteiger partial charge on any atom is 0.433 e. The molecule has 0 aliphatic carbocycles. The van der Waals surface area contributed by atoms with Crippen LogP contribution in [0.25, 0.3) is 0 Å². The Morgan fingerprint density at radius 3 is 2.61 bits per heavy atom. The number of benzene rings is 1. The van der Waals surface area contributed by atoms with Gasteiger partial charge in [0.25, 0.3) is 0 Å². The Hall–Kier alpha value is -2.19. The van der Waals surface area contributed by atoms with Crippen LogP contribution in [-0.4, -0.2) is 29.7 Å². The van der Waals surface area contributed by atoms with Crippen molar-refractivity contribution in [1.82, 2.24) is 15.3 Å². The molecular formula is C15H15F3N4O. The van der Waals surface area contributed by atoms with Crippen LogP contribution in [0.5, 0.6) is 0 Å². The monoisotopic (exact) mass is 324 g/mol. The minimum Gasteiger partial charge on any atom is -0.371 e. The first-order chi connectivity index (χ1) is 11.0. The van der Waals surface area contributed by atoms with Gasteiger partial charge < -0.3 is 15.4 Å². The number of hydrogen-bond acceptors (Lipinski definition) is 5. The summed E-state index contributed by atoms with van der Waals surface area (Å²) in [5, 5.41) is 6.01. The van der Waals surface area contributed by atoms with Gasteiger partial charge in [0.05, 0.1) is 12.7 Å². The smallest absolute Gasteiger partial charge is 0.371 e. The number of rotatable bonds is 3. The topological polar surface area (TPSA) is 59.1 Å². The largest absolute Gasteiger partial charge is 0.433 e. The van der Waals surface area contributed by atoms with Gasteiger partial charge in [-0.05, 0) is 23.8 Å². The minimum atomic E-state index is -4.49. The van der Waals surface area contributed by atoms with Crippen molar-refractivity contribution in [2.45, 2.75) is 12.3 Å². The first-order valence-electron chi connectivity index (χ1n) is 7.12. The van der Waals surface area contributed by atoms with Crippen molar-refractivity contribution in [3.8, 4) is 0 Å². The molecule has 1 aliphatic rings. The fourth-order valence-corrected chi connectivity index (χ4v) is 2.27. The van der Waals surface area contributed by atoms with Crippen molar-refractivity contribution in [3.63, 3.8) is 0 Å². The summed E-state index contributed by atoms with van der Waals surface area (Å²) >= 11 is 0. The van der Waals surface area contributed by atoms with E-state index in [1.54, 1.807) is 12.1 Å². The first-order valence-corrected chi connectivity index (χ1v) is 7.12. The van der Waals surface area contributed by atoms with Gasteiger partial charge in [-0.2, -0.15) is 13.2 Å². The van der Waals surface area contributed by atoms with Crippen LogP contribution in [0.2, 0.25) is 0 Å². The summed E-state index contributed by atoms with van der Waals surface area (Å²) in [4.78, 5) is 7.27. The highest BCUT2D eigenvalue weighted by Crippen LogP contribution is 2.28. The molecule has 5 nitrogen and oxygen atoms in total. The molecule has 3 rings (SSSR count). The van der Waals surface area contributed by atoms with Gasteiger partial charge >= 0.3 is 6.18 Å². The van der Waals surface area contributed by atoms with Crippen molar-refractivity contribution in [2.24, 2.45) is 0 Å². The van der Waals surface area contributed by atoms with Crippen LogP contribution < -0.4 is 10.6 Å². The number of nitrogens with zero attached hydrogens (tertiary/aromatic N) is 2. The van der Waals surface area contributed by atoms with E-state index in [1.165, 1.54) is 0 Å². The van der Waals surface area contributed by atoms with Crippen molar-refractivity contribution >= 4 is 11.6 Å². The van der Waals surface area contributed by atoms with Crippen LogP contribution >= 0.6 is 0 Å². The molecule has 1 atom stereocenters. The van der Waals surface area contributed by atoms with E-state index in [0.717, 1.165) is 30.9 Å². The first kappa shape index (κ1) is 15.7. The van der Waals surface area contributed by atoms with E-state index in [2.05, 4.69) is 20.6 Å². The second-order valence-corrected chi connectivity index (χ2v) is 5.07. The second-order valence-electron chi connectivity index (χ2n) is 5.07. The highest BCUT2D eigenvalue weighted by molar-refractivity contribution is 5.53. The Labute approximate surface area is 130 Å². The summed E-state index contributed by atoms with van der Waals surface area (Å²) in [6.07, 6.45) is -3.43. The number of aromatic nitrogens is 2. The quantitative estimate of drug-likeness (QED) is 0.909. The summed E-state index contributed by atoms with van der Waals surface area (Å²) in [5.41, 5.74) is 0.637. The van der Waals surface area contributed by atoms with Crippen LogP contribution in [-0.2, 0) is 10.9 Å². The molecule has 0 bridgehead atoms. The SMILES string of the molecule is FC(F)(F)c1ccnc(Nc2ccc(C3CNCCO3)cc2)n1. The van der Waals surface area contributed by atoms with Gasteiger partial charge in [-0.3, -0.25) is 0 Å². The molecule has 0 spiro atoms. The van der Waals surface area contributed by atoms with Crippen molar-refractivity contribution in [3.05, 3.63) is 47.8 Å². The molecule has 2 N–H and O–H groups in total. The number of alkyl halides is 3. The maximum atomic E-state index is 12.6. The third-order valence-electron chi connectivity index (χ3n) is 3.41. The summed E-state index contributed by atoms with van der Waals surface area (Å²) in [6, 6.07) is 8.09. The lowest BCUT2D eigenvalue weighted by Crippen LogP contribution is -2.33. The van der Waals surface area contributed by atoms with Crippen molar-refractivity contribution in [1.29, 1.82) is 0 Å². The third kappa shape index (κ3) is 3.96. The summed E-state index contributed by atoms with van der Waals surface area (Å²) < 4.78 is 43.5. The molecule has 2 aromatic rings. The third-order valence-corrected chi connectivity index (χ3v) is 3.41. The normalized spacial score (nSPS) is 18.7. The molecule has 0 saturated carbocycles. The second kappa shape index (κ2) is 6.51. The van der Waals surface area contributed by atoms with Gasteiger partial charge in [0.15, 0.2) is 0 Å². The van der Waals surface area contributed by atoms with Crippen LogP contribution in [0.4, 0.5) is 24.8 Å². The van der Waals surface area contributed by atoms with Gasteiger partial charge in [0.2, 0.25) is 5.95 Å². The van der Waals surface area contributed by atoms with E-state index < -0.39 is 11.9 Å². The number of ether oxygens (including phenoxy) is 1. The zero-order valence-corrected chi connectivity index (χ0v) is 12.1. The van der Waals surface area contributed by atoms with E-state index in [1.807, 2.05) is 12.1 Å².